The molecule has 0 saturated heterocycles. The third-order valence-corrected chi connectivity index (χ3v) is 3.01. The van der Waals surface area contributed by atoms with Crippen LogP contribution in [0.5, 0.6) is 0 Å². The molecule has 0 heterocycles. The number of rotatable bonds is 5. The molecule has 6 heteroatoms. The molecule has 1 amide bonds. The second kappa shape index (κ2) is 10.7. The van der Waals surface area contributed by atoms with E-state index in [2.05, 4.69) is 34.1 Å². The number of carbonyl (C=O) groups excluding carboxylic acids is 1. The maximum Gasteiger partial charge on any atom is 0.337 e. The molecule has 0 aliphatic heterocycles. The first-order valence-corrected chi connectivity index (χ1v) is 7.38. The van der Waals surface area contributed by atoms with Gasteiger partial charge in [-0.3, -0.25) is 4.79 Å². The molecular weight excluding hydrogens is 370 g/mol. The van der Waals surface area contributed by atoms with Crippen molar-refractivity contribution in [3.05, 3.63) is 52.0 Å². The lowest BCUT2D eigenvalue weighted by Gasteiger charge is -2.09. The molecule has 0 bridgehead atoms. The summed E-state index contributed by atoms with van der Waals surface area (Å²) >= 11 is 8.78. The van der Waals surface area contributed by atoms with Crippen molar-refractivity contribution in [1.82, 2.24) is 0 Å². The van der Waals surface area contributed by atoms with Gasteiger partial charge in [0, 0.05) is 15.9 Å². The quantitative estimate of drug-likeness (QED) is 0.348. The first kappa shape index (κ1) is 20.0. The maximum absolute atomic E-state index is 12.1. The fourth-order valence-electron chi connectivity index (χ4n) is 1.50. The van der Waals surface area contributed by atoms with Crippen molar-refractivity contribution in [2.75, 3.05) is 11.2 Å². The lowest BCUT2D eigenvalue weighted by molar-refractivity contribution is -0.112. The van der Waals surface area contributed by atoms with Crippen LogP contribution in [0.3, 0.4) is 0 Å². The summed E-state index contributed by atoms with van der Waals surface area (Å²) in [5.74, 6) is -1.33. The summed E-state index contributed by atoms with van der Waals surface area (Å²) in [6.07, 6.45) is 12.9. The zero-order chi connectivity index (χ0) is 17.1. The Labute approximate surface area is 143 Å². The second-order valence-corrected chi connectivity index (χ2v) is 4.99. The van der Waals surface area contributed by atoms with Crippen molar-refractivity contribution in [2.24, 2.45) is 0 Å². The van der Waals surface area contributed by atoms with Gasteiger partial charge < -0.3 is 10.4 Å². The van der Waals surface area contributed by atoms with Crippen LogP contribution in [-0.4, -0.2) is 22.9 Å². The van der Waals surface area contributed by atoms with Crippen LogP contribution in [-0.2, 0) is 4.79 Å². The molecule has 2 N–H and O–H groups in total. The third-order valence-electron chi connectivity index (χ3n) is 2.37. The van der Waals surface area contributed by atoms with Crippen LogP contribution in [0.25, 0.3) is 0 Å². The predicted molar refractivity (Wildman–Crippen MR) is 93.2 cm³/mol. The minimum Gasteiger partial charge on any atom is -0.478 e. The highest BCUT2D eigenvalue weighted by Gasteiger charge is 2.14. The second-order valence-electron chi connectivity index (χ2n) is 3.76. The van der Waals surface area contributed by atoms with Crippen LogP contribution in [0.15, 0.2) is 46.5 Å². The summed E-state index contributed by atoms with van der Waals surface area (Å²) in [6, 6.07) is 4.61. The van der Waals surface area contributed by atoms with Gasteiger partial charge in [-0.1, -0.05) is 34.2 Å². The van der Waals surface area contributed by atoms with Crippen molar-refractivity contribution in [3.8, 4) is 12.8 Å². The molecule has 0 atom stereocenters. The van der Waals surface area contributed by atoms with Crippen molar-refractivity contribution in [3.63, 3.8) is 0 Å². The number of carbonyl (C=O) groups is 2. The lowest BCUT2D eigenvalue weighted by Crippen LogP contribution is -2.16. The number of hydrogen-bond donors (Lipinski definition) is 2. The monoisotopic (exact) mass is 383 g/mol. The van der Waals surface area contributed by atoms with Gasteiger partial charge in [-0.2, -0.15) is 0 Å². The van der Waals surface area contributed by atoms with Gasteiger partial charge in [0.2, 0.25) is 0 Å². The van der Waals surface area contributed by atoms with E-state index in [1.54, 1.807) is 31.2 Å². The van der Waals surface area contributed by atoms with Gasteiger partial charge in [-0.05, 0) is 25.1 Å². The number of amides is 1. The van der Waals surface area contributed by atoms with E-state index in [0.29, 0.717) is 10.0 Å². The zero-order valence-electron chi connectivity index (χ0n) is 11.8. The van der Waals surface area contributed by atoms with Crippen LogP contribution < -0.4 is 5.32 Å². The minimum absolute atomic E-state index is 0.0124. The number of nitrogens with one attached hydrogen (secondary N) is 1. The van der Waals surface area contributed by atoms with E-state index in [-0.39, 0.29) is 17.1 Å². The summed E-state index contributed by atoms with van der Waals surface area (Å²) in [4.78, 5) is 23.2. The maximum atomic E-state index is 12.1. The highest BCUT2D eigenvalue weighted by molar-refractivity contribution is 9.10. The topological polar surface area (TPSA) is 66.4 Å². The number of benzene rings is 1. The zero-order valence-corrected chi connectivity index (χ0v) is 14.2. The molecule has 0 unspecified atom stereocenters. The number of aromatic carboxylic acids is 1. The van der Waals surface area contributed by atoms with Crippen LogP contribution in [0, 0.1) is 12.8 Å². The molecule has 4 nitrogen and oxygen atoms in total. The average molecular weight is 385 g/mol. The molecular formula is C16H15BrClNO3. The van der Waals surface area contributed by atoms with Crippen molar-refractivity contribution < 1.29 is 14.7 Å². The molecule has 0 aliphatic rings. The summed E-state index contributed by atoms with van der Waals surface area (Å²) in [5, 5.41) is 11.7. The van der Waals surface area contributed by atoms with Gasteiger partial charge in [0.1, 0.15) is 0 Å². The summed E-state index contributed by atoms with van der Waals surface area (Å²) in [6.45, 7) is 1.78. The molecule has 116 valence electrons. The molecule has 0 fully saturated rings. The molecule has 0 radical (unpaired) electrons. The van der Waals surface area contributed by atoms with Crippen molar-refractivity contribution >= 4 is 45.1 Å². The molecule has 1 rings (SSSR count). The third kappa shape index (κ3) is 6.17. The Kier molecular flexibility index (Phi) is 9.68. The highest BCUT2D eigenvalue weighted by Crippen LogP contribution is 2.21. The van der Waals surface area contributed by atoms with E-state index in [9.17, 15) is 9.59 Å². The Hall–Kier alpha value is -2.03. The molecule has 0 spiro atoms. The number of alkyl halides is 1. The van der Waals surface area contributed by atoms with E-state index >= 15 is 0 Å². The molecule has 0 saturated carbocycles. The number of hydrogen-bond acceptors (Lipinski definition) is 2. The Morgan fingerprint density at radius 3 is 2.55 bits per heavy atom. The van der Waals surface area contributed by atoms with Crippen LogP contribution >= 0.6 is 27.5 Å². The summed E-state index contributed by atoms with van der Waals surface area (Å²) < 4.78 is 0.623. The van der Waals surface area contributed by atoms with E-state index in [1.807, 2.05) is 0 Å². The summed E-state index contributed by atoms with van der Waals surface area (Å²) in [7, 11) is 0. The number of allylic oxidation sites excluding steroid dienone is 2. The SMILES string of the molecule is C#C.C/C=C\C(=C/CCl)C(=O)Nc1ccc(Br)cc1C(=O)O. The van der Waals surface area contributed by atoms with Gasteiger partial charge in [0.25, 0.3) is 5.91 Å². The lowest BCUT2D eigenvalue weighted by atomic mass is 10.1. The Bertz CT molecular complexity index is 621. The first-order valence-electron chi connectivity index (χ1n) is 6.06. The Morgan fingerprint density at radius 1 is 1.41 bits per heavy atom. The van der Waals surface area contributed by atoms with Crippen LogP contribution in [0.4, 0.5) is 5.69 Å². The van der Waals surface area contributed by atoms with Gasteiger partial charge in [-0.25, -0.2) is 4.79 Å². The predicted octanol–water partition coefficient (Wildman–Crippen LogP) is 4.08. The molecule has 0 aliphatic carbocycles. The van der Waals surface area contributed by atoms with Crippen LogP contribution in [0.1, 0.15) is 17.3 Å². The first-order chi connectivity index (χ1) is 10.5. The molecule has 0 aromatic heterocycles. The standard InChI is InChI=1S/C14H13BrClNO3.C2H2/c1-2-3-9(6-7-16)13(18)17-12-5-4-10(15)8-11(12)14(19)20;1-2/h2-6,8H,7H2,1H3,(H,17,18)(H,19,20);1-2H/b3-2-,9-6+;. The minimum atomic E-state index is -1.12. The van der Waals surface area contributed by atoms with Gasteiger partial charge >= 0.3 is 5.97 Å². The summed E-state index contributed by atoms with van der Waals surface area (Å²) in [5.41, 5.74) is 0.621. The van der Waals surface area contributed by atoms with Gasteiger partial charge in [-0.15, -0.1) is 24.4 Å². The molecule has 1 aromatic carbocycles. The number of anilines is 1. The largest absolute Gasteiger partial charge is 0.478 e. The highest BCUT2D eigenvalue weighted by atomic mass is 79.9. The number of halogens is 2. The molecule has 22 heavy (non-hydrogen) atoms. The van der Waals surface area contributed by atoms with Crippen LogP contribution in [0.2, 0.25) is 0 Å². The van der Waals surface area contributed by atoms with Gasteiger partial charge in [0.05, 0.1) is 11.3 Å². The number of carboxylic acid groups (broad SMARTS) is 1. The number of terminal acetylenes is 1. The molecule has 1 aromatic rings. The Morgan fingerprint density at radius 2 is 2.05 bits per heavy atom. The van der Waals surface area contributed by atoms with E-state index < -0.39 is 11.9 Å². The fraction of sp³-hybridized carbons (Fsp3) is 0.125. The van der Waals surface area contributed by atoms with E-state index in [1.165, 1.54) is 12.1 Å². The van der Waals surface area contributed by atoms with E-state index in [4.69, 9.17) is 16.7 Å². The smallest absolute Gasteiger partial charge is 0.337 e. The normalized spacial score (nSPS) is 10.7. The Balaban J connectivity index is 0.00000211. The number of carboxylic acids is 1. The van der Waals surface area contributed by atoms with E-state index in [0.717, 1.165) is 0 Å². The van der Waals surface area contributed by atoms with Crippen molar-refractivity contribution in [1.29, 1.82) is 0 Å². The van der Waals surface area contributed by atoms with Gasteiger partial charge in [0.15, 0.2) is 0 Å². The fourth-order valence-corrected chi connectivity index (χ4v) is 2.02. The average Bonchev–Trinajstić information content (AvgIpc) is 2.50. The van der Waals surface area contributed by atoms with Crippen molar-refractivity contribution in [2.45, 2.75) is 6.92 Å².